The quantitative estimate of drug-likeness (QED) is 0.856. The molecule has 2 N–H and O–H groups in total. The van der Waals surface area contributed by atoms with E-state index in [2.05, 4.69) is 24.9 Å². The Morgan fingerprint density at radius 3 is 2.55 bits per heavy atom. The summed E-state index contributed by atoms with van der Waals surface area (Å²) >= 11 is 0. The Bertz CT molecular complexity index is 709. The van der Waals surface area contributed by atoms with Gasteiger partial charge in [0.1, 0.15) is 6.54 Å². The first kappa shape index (κ1) is 13.4. The van der Waals surface area contributed by atoms with Crippen molar-refractivity contribution in [2.75, 3.05) is 13.1 Å². The molecule has 0 amide bonds. The molecule has 2 aromatic rings. The van der Waals surface area contributed by atoms with Crippen molar-refractivity contribution in [2.24, 2.45) is 0 Å². The van der Waals surface area contributed by atoms with Gasteiger partial charge in [0, 0.05) is 23.9 Å². The maximum absolute atomic E-state index is 12.8. The predicted molar refractivity (Wildman–Crippen MR) is 82.4 cm³/mol. The van der Waals surface area contributed by atoms with Gasteiger partial charge in [0.2, 0.25) is 0 Å². The average molecular weight is 271 g/mol. The Morgan fingerprint density at radius 2 is 1.85 bits per heavy atom. The van der Waals surface area contributed by atoms with E-state index in [1.165, 1.54) is 25.9 Å². The minimum atomic E-state index is 0.224. The predicted octanol–water partition coefficient (Wildman–Crippen LogP) is 1.63. The van der Waals surface area contributed by atoms with Crippen LogP contribution in [-0.4, -0.2) is 18.1 Å². The molecule has 3 rings (SSSR count). The van der Waals surface area contributed by atoms with Crippen molar-refractivity contribution >= 4 is 10.9 Å². The van der Waals surface area contributed by atoms with Gasteiger partial charge in [0.15, 0.2) is 5.43 Å². The number of fused-ring (bicyclic) bond motifs is 1. The van der Waals surface area contributed by atoms with E-state index < -0.39 is 0 Å². The second-order valence-corrected chi connectivity index (χ2v) is 6.20. The number of nitrogens with one attached hydrogen (secondary N) is 2. The lowest BCUT2D eigenvalue weighted by atomic mass is 10.0. The molecule has 20 heavy (non-hydrogen) atoms. The molecule has 0 spiro atoms. The number of rotatable bonds is 2. The molecule has 0 radical (unpaired) electrons. The first-order chi connectivity index (χ1) is 9.56. The second kappa shape index (κ2) is 5.06. The van der Waals surface area contributed by atoms with Gasteiger partial charge < -0.3 is 9.88 Å². The van der Waals surface area contributed by atoms with Crippen LogP contribution in [0.15, 0.2) is 16.9 Å². The number of aromatic amines is 1. The summed E-state index contributed by atoms with van der Waals surface area (Å²) < 4.78 is 0. The average Bonchev–Trinajstić information content (AvgIpc) is 2.89. The van der Waals surface area contributed by atoms with E-state index in [0.29, 0.717) is 0 Å². The van der Waals surface area contributed by atoms with Gasteiger partial charge in [-0.05, 0) is 38.0 Å². The second-order valence-electron chi connectivity index (χ2n) is 6.20. The zero-order valence-electron chi connectivity index (χ0n) is 12.6. The molecule has 1 saturated heterocycles. The number of quaternary nitrogens is 1. The molecule has 0 bridgehead atoms. The molecule has 0 atom stereocenters. The van der Waals surface area contributed by atoms with Crippen molar-refractivity contribution in [2.45, 2.75) is 40.2 Å². The molecule has 0 unspecified atom stereocenters. The minimum absolute atomic E-state index is 0.224. The van der Waals surface area contributed by atoms with Crippen molar-refractivity contribution in [1.82, 2.24) is 4.98 Å². The number of aryl methyl sites for hydroxylation is 3. The lowest BCUT2D eigenvalue weighted by Gasteiger charge is -2.15. The minimum Gasteiger partial charge on any atom is -0.358 e. The van der Waals surface area contributed by atoms with Gasteiger partial charge in [-0.15, -0.1) is 0 Å². The van der Waals surface area contributed by atoms with Gasteiger partial charge in [0.05, 0.1) is 24.2 Å². The lowest BCUT2D eigenvalue weighted by Crippen LogP contribution is -3.08. The standard InChI is InChI=1S/C17H22N2O/c1-11-8-12(2)16-14(9-11)17(20)15(13(3)18-16)10-19-6-4-5-7-19/h8-9H,4-7,10H2,1-3H3,(H,18,20)/p+1. The Kier molecular flexibility index (Phi) is 3.38. The Morgan fingerprint density at radius 1 is 1.15 bits per heavy atom. The summed E-state index contributed by atoms with van der Waals surface area (Å²) in [5.74, 6) is 0. The normalized spacial score (nSPS) is 16.1. The zero-order chi connectivity index (χ0) is 14.3. The molecule has 1 aliphatic heterocycles. The third kappa shape index (κ3) is 2.27. The van der Waals surface area contributed by atoms with Crippen LogP contribution in [0, 0.1) is 20.8 Å². The highest BCUT2D eigenvalue weighted by molar-refractivity contribution is 5.83. The number of benzene rings is 1. The fourth-order valence-corrected chi connectivity index (χ4v) is 3.42. The molecule has 0 saturated carbocycles. The van der Waals surface area contributed by atoms with Crippen LogP contribution in [0.2, 0.25) is 0 Å². The van der Waals surface area contributed by atoms with Gasteiger partial charge in [-0.2, -0.15) is 0 Å². The monoisotopic (exact) mass is 271 g/mol. The maximum Gasteiger partial charge on any atom is 0.198 e. The number of hydrogen-bond acceptors (Lipinski definition) is 1. The summed E-state index contributed by atoms with van der Waals surface area (Å²) in [5.41, 5.74) is 5.54. The zero-order valence-corrected chi connectivity index (χ0v) is 12.6. The smallest absolute Gasteiger partial charge is 0.198 e. The molecular weight excluding hydrogens is 248 g/mol. The summed E-state index contributed by atoms with van der Waals surface area (Å²) in [6, 6.07) is 4.15. The van der Waals surface area contributed by atoms with Crippen LogP contribution >= 0.6 is 0 Å². The van der Waals surface area contributed by atoms with Gasteiger partial charge in [-0.3, -0.25) is 4.79 Å². The topological polar surface area (TPSA) is 37.3 Å². The van der Waals surface area contributed by atoms with E-state index in [1.807, 2.05) is 13.0 Å². The molecule has 3 nitrogen and oxygen atoms in total. The van der Waals surface area contributed by atoms with Crippen LogP contribution in [-0.2, 0) is 6.54 Å². The van der Waals surface area contributed by atoms with Crippen molar-refractivity contribution in [3.63, 3.8) is 0 Å². The Hall–Kier alpha value is -1.61. The highest BCUT2D eigenvalue weighted by Gasteiger charge is 2.20. The van der Waals surface area contributed by atoms with Crippen LogP contribution in [0.5, 0.6) is 0 Å². The number of aromatic nitrogens is 1. The van der Waals surface area contributed by atoms with E-state index in [-0.39, 0.29) is 5.43 Å². The molecule has 1 aliphatic rings. The fraction of sp³-hybridized carbons (Fsp3) is 0.471. The fourth-order valence-electron chi connectivity index (χ4n) is 3.42. The van der Waals surface area contributed by atoms with Crippen LogP contribution in [0.1, 0.15) is 35.2 Å². The van der Waals surface area contributed by atoms with Crippen molar-refractivity contribution < 1.29 is 4.90 Å². The molecule has 106 valence electrons. The third-order valence-corrected chi connectivity index (χ3v) is 4.50. The van der Waals surface area contributed by atoms with E-state index in [4.69, 9.17) is 0 Å². The highest BCUT2D eigenvalue weighted by Crippen LogP contribution is 2.17. The van der Waals surface area contributed by atoms with Gasteiger partial charge in [-0.1, -0.05) is 6.07 Å². The molecule has 0 aliphatic carbocycles. The van der Waals surface area contributed by atoms with Crippen LogP contribution < -0.4 is 10.3 Å². The highest BCUT2D eigenvalue weighted by atomic mass is 16.1. The van der Waals surface area contributed by atoms with Crippen molar-refractivity contribution in [1.29, 1.82) is 0 Å². The van der Waals surface area contributed by atoms with Crippen LogP contribution in [0.25, 0.3) is 10.9 Å². The van der Waals surface area contributed by atoms with E-state index >= 15 is 0 Å². The number of pyridine rings is 1. The van der Waals surface area contributed by atoms with Crippen molar-refractivity contribution in [3.8, 4) is 0 Å². The summed E-state index contributed by atoms with van der Waals surface area (Å²) in [6.45, 7) is 9.41. The summed E-state index contributed by atoms with van der Waals surface area (Å²) in [6.07, 6.45) is 2.58. The summed E-state index contributed by atoms with van der Waals surface area (Å²) in [5, 5.41) is 0.849. The maximum atomic E-state index is 12.8. The van der Waals surface area contributed by atoms with E-state index in [9.17, 15) is 4.79 Å². The summed E-state index contributed by atoms with van der Waals surface area (Å²) in [4.78, 5) is 17.8. The van der Waals surface area contributed by atoms with E-state index in [1.54, 1.807) is 4.90 Å². The van der Waals surface area contributed by atoms with Crippen LogP contribution in [0.4, 0.5) is 0 Å². The summed E-state index contributed by atoms with van der Waals surface area (Å²) in [7, 11) is 0. The molecule has 3 heteroatoms. The first-order valence-electron chi connectivity index (χ1n) is 7.52. The third-order valence-electron chi connectivity index (χ3n) is 4.50. The Labute approximate surface area is 119 Å². The van der Waals surface area contributed by atoms with Crippen molar-refractivity contribution in [3.05, 3.63) is 44.7 Å². The van der Waals surface area contributed by atoms with E-state index in [0.717, 1.165) is 39.8 Å². The first-order valence-corrected chi connectivity index (χ1v) is 7.52. The van der Waals surface area contributed by atoms with Gasteiger partial charge in [-0.25, -0.2) is 0 Å². The SMILES string of the molecule is Cc1cc(C)c2[nH]c(C)c(C[NH+]3CCCC3)c(=O)c2c1. The lowest BCUT2D eigenvalue weighted by molar-refractivity contribution is -0.901. The number of H-pyrrole nitrogens is 1. The number of likely N-dealkylation sites (tertiary alicyclic amines) is 1. The largest absolute Gasteiger partial charge is 0.358 e. The Balaban J connectivity index is 2.15. The molecule has 1 aromatic carbocycles. The van der Waals surface area contributed by atoms with Crippen LogP contribution in [0.3, 0.4) is 0 Å². The number of hydrogen-bond donors (Lipinski definition) is 2. The molecule has 1 fully saturated rings. The molecular formula is C17H23N2O+. The molecule has 2 heterocycles. The van der Waals surface area contributed by atoms with Gasteiger partial charge in [0.25, 0.3) is 0 Å². The molecule has 1 aromatic heterocycles. The van der Waals surface area contributed by atoms with Gasteiger partial charge >= 0.3 is 0 Å².